The molecule has 0 fully saturated rings. The van der Waals surface area contributed by atoms with Gasteiger partial charge in [-0.1, -0.05) is 12.1 Å². The highest BCUT2D eigenvalue weighted by molar-refractivity contribution is 5.89. The molecule has 0 aliphatic heterocycles. The molecule has 0 aliphatic carbocycles. The van der Waals surface area contributed by atoms with E-state index < -0.39 is 10.9 Å². The number of phenolic OH excluding ortho intramolecular Hbond substituents is 1. The molecule has 0 amide bonds. The van der Waals surface area contributed by atoms with Gasteiger partial charge in [0.2, 0.25) is 0 Å². The number of hydrogen-bond donors (Lipinski definition) is 3. The van der Waals surface area contributed by atoms with Gasteiger partial charge in [-0.2, -0.15) is 0 Å². The van der Waals surface area contributed by atoms with Crippen molar-refractivity contribution in [2.24, 2.45) is 0 Å². The number of carboxylic acid groups (broad SMARTS) is 1. The smallest absolute Gasteiger partial charge is 0.335 e. The molecule has 0 spiro atoms. The number of non-ortho nitro benzene ring substituents is 1. The number of anilines is 2. The van der Waals surface area contributed by atoms with E-state index in [0.29, 0.717) is 11.3 Å². The number of nitrogens with zero attached hydrogens (tertiary/aromatic N) is 3. The van der Waals surface area contributed by atoms with Gasteiger partial charge in [0, 0.05) is 17.7 Å². The standard InChI is InChI=1S/C17H12N4O5/c22-15-6-4-11(17(23)24)9-14(15)18-16-7-5-13(19-20-16)10-2-1-3-12(8-10)21(25)26/h1-9,22H,(H,18,20)(H,23,24). The van der Waals surface area contributed by atoms with Gasteiger partial charge in [0.05, 0.1) is 21.9 Å². The maximum Gasteiger partial charge on any atom is 0.335 e. The Morgan fingerprint density at radius 3 is 2.54 bits per heavy atom. The van der Waals surface area contributed by atoms with Crippen molar-refractivity contribution in [2.75, 3.05) is 5.32 Å². The number of aromatic carboxylic acids is 1. The number of carbonyl (C=O) groups is 1. The zero-order valence-corrected chi connectivity index (χ0v) is 13.2. The molecule has 1 heterocycles. The van der Waals surface area contributed by atoms with Crippen LogP contribution in [-0.2, 0) is 0 Å². The van der Waals surface area contributed by atoms with E-state index in [1.54, 1.807) is 24.3 Å². The van der Waals surface area contributed by atoms with Crippen molar-refractivity contribution in [3.63, 3.8) is 0 Å². The predicted octanol–water partition coefficient (Wildman–Crippen LogP) is 3.20. The summed E-state index contributed by atoms with van der Waals surface area (Å²) in [5.74, 6) is -0.989. The average molecular weight is 352 g/mol. The number of aromatic hydroxyl groups is 1. The first-order valence-corrected chi connectivity index (χ1v) is 7.36. The molecule has 130 valence electrons. The van der Waals surface area contributed by atoms with Crippen LogP contribution in [0.3, 0.4) is 0 Å². The van der Waals surface area contributed by atoms with Crippen molar-refractivity contribution in [2.45, 2.75) is 0 Å². The highest BCUT2D eigenvalue weighted by Crippen LogP contribution is 2.28. The summed E-state index contributed by atoms with van der Waals surface area (Å²) in [4.78, 5) is 21.4. The molecule has 0 unspecified atom stereocenters. The number of carboxylic acids is 1. The summed E-state index contributed by atoms with van der Waals surface area (Å²) in [6, 6.07) is 13.0. The molecule has 0 bridgehead atoms. The summed E-state index contributed by atoms with van der Waals surface area (Å²) in [6.45, 7) is 0. The number of nitro groups is 1. The second kappa shape index (κ2) is 6.85. The molecule has 2 aromatic carbocycles. The Bertz CT molecular complexity index is 989. The van der Waals surface area contributed by atoms with E-state index in [-0.39, 0.29) is 28.5 Å². The van der Waals surface area contributed by atoms with Gasteiger partial charge in [-0.3, -0.25) is 10.1 Å². The maximum absolute atomic E-state index is 11.0. The number of nitrogens with one attached hydrogen (secondary N) is 1. The minimum atomic E-state index is -1.12. The van der Waals surface area contributed by atoms with Gasteiger partial charge in [-0.05, 0) is 30.3 Å². The molecule has 1 aromatic heterocycles. The van der Waals surface area contributed by atoms with Crippen molar-refractivity contribution in [3.05, 3.63) is 70.3 Å². The van der Waals surface area contributed by atoms with Crippen LogP contribution in [0.2, 0.25) is 0 Å². The van der Waals surface area contributed by atoms with Crippen LogP contribution in [0.4, 0.5) is 17.2 Å². The molecule has 0 atom stereocenters. The zero-order chi connectivity index (χ0) is 18.7. The van der Waals surface area contributed by atoms with Crippen LogP contribution in [0, 0.1) is 10.1 Å². The first-order chi connectivity index (χ1) is 12.4. The molecule has 0 saturated heterocycles. The van der Waals surface area contributed by atoms with Gasteiger partial charge in [0.15, 0.2) is 5.82 Å². The maximum atomic E-state index is 11.0. The van der Waals surface area contributed by atoms with E-state index in [0.717, 1.165) is 0 Å². The first kappa shape index (κ1) is 16.8. The summed E-state index contributed by atoms with van der Waals surface area (Å²) >= 11 is 0. The van der Waals surface area contributed by atoms with Crippen LogP contribution < -0.4 is 5.32 Å². The van der Waals surface area contributed by atoms with Crippen LogP contribution in [0.5, 0.6) is 5.75 Å². The Hall–Kier alpha value is -4.01. The zero-order valence-electron chi connectivity index (χ0n) is 13.2. The Kier molecular flexibility index (Phi) is 4.44. The van der Waals surface area contributed by atoms with E-state index in [9.17, 15) is 20.0 Å². The molecule has 26 heavy (non-hydrogen) atoms. The predicted molar refractivity (Wildman–Crippen MR) is 92.5 cm³/mol. The Balaban J connectivity index is 1.85. The Morgan fingerprint density at radius 1 is 1.08 bits per heavy atom. The second-order valence-electron chi connectivity index (χ2n) is 5.27. The minimum Gasteiger partial charge on any atom is -0.506 e. The van der Waals surface area contributed by atoms with Gasteiger partial charge in [-0.15, -0.1) is 10.2 Å². The highest BCUT2D eigenvalue weighted by atomic mass is 16.6. The number of hydrogen-bond acceptors (Lipinski definition) is 7. The number of aromatic nitrogens is 2. The fourth-order valence-corrected chi connectivity index (χ4v) is 2.24. The van der Waals surface area contributed by atoms with E-state index in [1.807, 2.05) is 0 Å². The largest absolute Gasteiger partial charge is 0.506 e. The van der Waals surface area contributed by atoms with E-state index >= 15 is 0 Å². The SMILES string of the molecule is O=C(O)c1ccc(O)c(Nc2ccc(-c3cccc([N+](=O)[O-])c3)nn2)c1. The lowest BCUT2D eigenvalue weighted by Crippen LogP contribution is -2.00. The molecule has 3 rings (SSSR count). The molecule has 9 heteroatoms. The first-order valence-electron chi connectivity index (χ1n) is 7.36. The lowest BCUT2D eigenvalue weighted by Gasteiger charge is -2.08. The third-order valence-electron chi connectivity index (χ3n) is 3.52. The molecule has 0 saturated carbocycles. The fraction of sp³-hybridized carbons (Fsp3) is 0. The van der Waals surface area contributed by atoms with Crippen LogP contribution in [0.15, 0.2) is 54.6 Å². The number of phenols is 1. The number of benzene rings is 2. The van der Waals surface area contributed by atoms with E-state index in [2.05, 4.69) is 15.5 Å². The summed E-state index contributed by atoms with van der Waals surface area (Å²) < 4.78 is 0. The van der Waals surface area contributed by atoms with Gasteiger partial charge >= 0.3 is 5.97 Å². The lowest BCUT2D eigenvalue weighted by atomic mass is 10.1. The average Bonchev–Trinajstić information content (AvgIpc) is 2.64. The molecule has 3 aromatic rings. The van der Waals surface area contributed by atoms with Gasteiger partial charge in [0.25, 0.3) is 5.69 Å². The van der Waals surface area contributed by atoms with Crippen molar-refractivity contribution in [1.82, 2.24) is 10.2 Å². The number of nitro benzene ring substituents is 1. The van der Waals surface area contributed by atoms with Crippen molar-refractivity contribution in [1.29, 1.82) is 0 Å². The summed E-state index contributed by atoms with van der Waals surface area (Å²) in [7, 11) is 0. The molecular weight excluding hydrogens is 340 g/mol. The summed E-state index contributed by atoms with van der Waals surface area (Å²) in [5.41, 5.74) is 1.09. The lowest BCUT2D eigenvalue weighted by molar-refractivity contribution is -0.384. The Morgan fingerprint density at radius 2 is 1.88 bits per heavy atom. The van der Waals surface area contributed by atoms with Crippen LogP contribution in [0.1, 0.15) is 10.4 Å². The van der Waals surface area contributed by atoms with Crippen molar-refractivity contribution < 1.29 is 19.9 Å². The molecule has 0 aliphatic rings. The normalized spacial score (nSPS) is 10.3. The Labute approximate surface area is 146 Å². The third kappa shape index (κ3) is 3.56. The summed E-state index contributed by atoms with van der Waals surface area (Å²) in [5, 5.41) is 40.4. The second-order valence-corrected chi connectivity index (χ2v) is 5.27. The summed E-state index contributed by atoms with van der Waals surface area (Å²) in [6.07, 6.45) is 0. The topological polar surface area (TPSA) is 138 Å². The monoisotopic (exact) mass is 352 g/mol. The third-order valence-corrected chi connectivity index (χ3v) is 3.52. The van der Waals surface area contributed by atoms with Gasteiger partial charge in [-0.25, -0.2) is 4.79 Å². The van der Waals surface area contributed by atoms with Crippen LogP contribution >= 0.6 is 0 Å². The quantitative estimate of drug-likeness (QED) is 0.361. The van der Waals surface area contributed by atoms with Crippen molar-refractivity contribution in [3.8, 4) is 17.0 Å². The highest BCUT2D eigenvalue weighted by Gasteiger charge is 2.11. The molecule has 0 radical (unpaired) electrons. The van der Waals surface area contributed by atoms with E-state index in [4.69, 9.17) is 5.11 Å². The van der Waals surface area contributed by atoms with Crippen LogP contribution in [0.25, 0.3) is 11.3 Å². The minimum absolute atomic E-state index is 0.00599. The van der Waals surface area contributed by atoms with E-state index in [1.165, 1.54) is 30.3 Å². The molecule has 9 nitrogen and oxygen atoms in total. The fourth-order valence-electron chi connectivity index (χ4n) is 2.24. The molecular formula is C17H12N4O5. The van der Waals surface area contributed by atoms with Gasteiger partial charge in [0.1, 0.15) is 5.75 Å². The molecule has 3 N–H and O–H groups in total. The van der Waals surface area contributed by atoms with Gasteiger partial charge < -0.3 is 15.5 Å². The van der Waals surface area contributed by atoms with Crippen LogP contribution in [-0.4, -0.2) is 31.3 Å². The van der Waals surface area contributed by atoms with Crippen molar-refractivity contribution >= 4 is 23.2 Å². The number of rotatable bonds is 5.